The highest BCUT2D eigenvalue weighted by Gasteiger charge is 2.53. The summed E-state index contributed by atoms with van der Waals surface area (Å²) in [6.07, 6.45) is 14.2. The van der Waals surface area contributed by atoms with Gasteiger partial charge in [-0.25, -0.2) is 4.79 Å². The molecule has 2 aromatic rings. The third kappa shape index (κ3) is 10.1. The smallest absolute Gasteiger partial charge is 0.352 e. The number of carboxylic acids is 1. The molecule has 4 atom stereocenters. The lowest BCUT2D eigenvalue weighted by atomic mass is 9.73. The molecule has 0 spiro atoms. The predicted molar refractivity (Wildman–Crippen MR) is 218 cm³/mol. The van der Waals surface area contributed by atoms with Crippen molar-refractivity contribution in [3.63, 3.8) is 0 Å². The van der Waals surface area contributed by atoms with Crippen LogP contribution in [0.15, 0.2) is 83.6 Å². The van der Waals surface area contributed by atoms with Crippen LogP contribution in [0.2, 0.25) is 0 Å². The number of carbonyl (C=O) groups excluding carboxylic acids is 2. The Labute approximate surface area is 330 Å². The van der Waals surface area contributed by atoms with E-state index in [1.165, 1.54) is 10.5 Å². The van der Waals surface area contributed by atoms with Crippen LogP contribution < -0.4 is 20.1 Å². The number of carbonyl (C=O) groups is 3. The maximum atomic E-state index is 13.2. The van der Waals surface area contributed by atoms with E-state index in [0.29, 0.717) is 35.5 Å². The van der Waals surface area contributed by atoms with E-state index in [4.69, 9.17) is 21.7 Å². The highest BCUT2D eigenvalue weighted by Crippen LogP contribution is 2.47. The van der Waals surface area contributed by atoms with Crippen LogP contribution >= 0.6 is 12.2 Å². The van der Waals surface area contributed by atoms with Crippen LogP contribution in [0.3, 0.4) is 0 Å². The highest BCUT2D eigenvalue weighted by molar-refractivity contribution is 7.80. The Balaban J connectivity index is 1.22. The number of allylic oxidation sites excluding steroid dienone is 5. The summed E-state index contributed by atoms with van der Waals surface area (Å²) in [7, 11) is 0. The summed E-state index contributed by atoms with van der Waals surface area (Å²) in [5, 5.41) is 27.5. The van der Waals surface area contributed by atoms with Gasteiger partial charge in [-0.1, -0.05) is 87.3 Å². The van der Waals surface area contributed by atoms with Gasteiger partial charge in [-0.2, -0.15) is 0 Å². The molecule has 294 valence electrons. The number of amides is 2. The maximum absolute atomic E-state index is 13.2. The summed E-state index contributed by atoms with van der Waals surface area (Å²) in [5.41, 5.74) is 5.40. The van der Waals surface area contributed by atoms with E-state index in [1.807, 2.05) is 43.3 Å². The van der Waals surface area contributed by atoms with Crippen molar-refractivity contribution in [1.82, 2.24) is 15.5 Å². The molecule has 0 unspecified atom stereocenters. The number of aliphatic carboxylic acids is 1. The summed E-state index contributed by atoms with van der Waals surface area (Å²) in [6, 6.07) is 10.1. The average molecular weight is 770 g/mol. The van der Waals surface area contributed by atoms with Gasteiger partial charge in [0, 0.05) is 18.0 Å². The van der Waals surface area contributed by atoms with Crippen LogP contribution in [-0.2, 0) is 27.2 Å². The van der Waals surface area contributed by atoms with Crippen LogP contribution in [0, 0.1) is 5.92 Å². The van der Waals surface area contributed by atoms with Crippen molar-refractivity contribution < 1.29 is 34.1 Å². The first-order chi connectivity index (χ1) is 26.4. The fraction of sp³-hybridized carbons (Fsp3) is 0.455. The van der Waals surface area contributed by atoms with Gasteiger partial charge in [0.15, 0.2) is 6.61 Å². The Bertz CT molecular complexity index is 1880. The van der Waals surface area contributed by atoms with Crippen molar-refractivity contribution in [2.75, 3.05) is 13.2 Å². The molecule has 2 aromatic carbocycles. The number of β-lactam (4-membered cyclic amide) rings is 1. The minimum absolute atomic E-state index is 0.0885. The number of phenolic OH excluding ortho intramolecular Hbond substituents is 1. The number of para-hydroxylation sites is 1. The zero-order chi connectivity index (χ0) is 39.6. The van der Waals surface area contributed by atoms with Gasteiger partial charge in [-0.05, 0) is 112 Å². The van der Waals surface area contributed by atoms with Crippen molar-refractivity contribution in [2.45, 2.75) is 110 Å². The van der Waals surface area contributed by atoms with E-state index in [-0.39, 0.29) is 41.6 Å². The molecule has 0 bridgehead atoms. The first-order valence-corrected chi connectivity index (χ1v) is 19.9. The van der Waals surface area contributed by atoms with Gasteiger partial charge < -0.3 is 30.3 Å². The van der Waals surface area contributed by atoms with E-state index in [0.717, 1.165) is 68.1 Å². The second kappa shape index (κ2) is 19.1. The number of benzene rings is 2. The molecule has 4 N–H and O–H groups in total. The summed E-state index contributed by atoms with van der Waals surface area (Å²) in [5.74, 6) is -0.749. The van der Waals surface area contributed by atoms with Crippen molar-refractivity contribution in [2.24, 2.45) is 5.92 Å². The van der Waals surface area contributed by atoms with Crippen LogP contribution in [-0.4, -0.2) is 63.3 Å². The number of aromatic hydroxyl groups is 1. The lowest BCUT2D eigenvalue weighted by Gasteiger charge is -2.50. The molecule has 1 saturated heterocycles. The third-order valence-electron chi connectivity index (χ3n) is 10.7. The standard InChI is InChI=1S/C44H55N3O7S/c1-6-8-9-14-29-24-35(48)39(33-23-28(5)18-20-32(33)27(3)4)37(25-29)54-44(55)45-22-12-16-31-19-21-34-40(42(50)47(34)41(31)43(51)52)46-38(49)26-53-36-17-11-10-15-30(36)13-7-2/h10-12,15-17,23-25,32-34,40,48H,3,6-9,13-14,18-22,26H2,1-2,4-5H3,(H,45,55)(H,46,49)(H,51,52)/b16-12+/t32-,33+,34+,40-/m0/s1. The van der Waals surface area contributed by atoms with Crippen LogP contribution in [0.25, 0.3) is 0 Å². The highest BCUT2D eigenvalue weighted by atomic mass is 32.1. The molecule has 55 heavy (non-hydrogen) atoms. The summed E-state index contributed by atoms with van der Waals surface area (Å²) in [6.45, 7) is 12.6. The number of hydrogen-bond donors (Lipinski definition) is 4. The SMILES string of the molecule is C=C(C)[C@@H]1CCC(C)=C[C@H]1c1c(O)cc(CCCCC)cc1OC(=S)NC/C=C/C1=C(C(=O)O)N2C(=O)[C@@H](NC(=O)COc3ccccc3CCC)[C@H]2CC1. The van der Waals surface area contributed by atoms with Crippen LogP contribution in [0.5, 0.6) is 17.2 Å². The second-order valence-corrected chi connectivity index (χ2v) is 15.2. The van der Waals surface area contributed by atoms with Gasteiger partial charge in [-0.3, -0.25) is 14.5 Å². The van der Waals surface area contributed by atoms with Crippen molar-refractivity contribution >= 4 is 35.2 Å². The summed E-state index contributed by atoms with van der Waals surface area (Å²) >= 11 is 5.61. The number of ether oxygens (including phenoxy) is 2. The number of phenols is 1. The van der Waals surface area contributed by atoms with Gasteiger partial charge in [0.2, 0.25) is 0 Å². The molecule has 2 aliphatic heterocycles. The first kappa shape index (κ1) is 41.3. The maximum Gasteiger partial charge on any atom is 0.352 e. The molecule has 0 saturated carbocycles. The number of aryl methyl sites for hydroxylation is 2. The molecule has 0 radical (unpaired) electrons. The summed E-state index contributed by atoms with van der Waals surface area (Å²) in [4.78, 5) is 39.7. The monoisotopic (exact) mass is 769 g/mol. The van der Waals surface area contributed by atoms with Crippen molar-refractivity contribution in [3.8, 4) is 17.2 Å². The predicted octanol–water partition coefficient (Wildman–Crippen LogP) is 7.81. The van der Waals surface area contributed by atoms with E-state index in [9.17, 15) is 24.6 Å². The fourth-order valence-corrected chi connectivity index (χ4v) is 8.10. The number of nitrogens with one attached hydrogen (secondary N) is 2. The molecule has 10 nitrogen and oxygen atoms in total. The fourth-order valence-electron chi connectivity index (χ4n) is 7.93. The van der Waals surface area contributed by atoms with Crippen molar-refractivity contribution in [1.29, 1.82) is 0 Å². The summed E-state index contributed by atoms with van der Waals surface area (Å²) < 4.78 is 12.0. The molecule has 3 aliphatic rings. The Kier molecular flexibility index (Phi) is 14.3. The van der Waals surface area contributed by atoms with Gasteiger partial charge in [0.05, 0.1) is 6.04 Å². The third-order valence-corrected chi connectivity index (χ3v) is 10.9. The van der Waals surface area contributed by atoms with Crippen LogP contribution in [0.4, 0.5) is 0 Å². The van der Waals surface area contributed by atoms with Gasteiger partial charge in [0.25, 0.3) is 17.0 Å². The molecule has 1 aliphatic carbocycles. The zero-order valence-electron chi connectivity index (χ0n) is 32.5. The van der Waals surface area contributed by atoms with E-state index in [1.54, 1.807) is 12.2 Å². The quantitative estimate of drug-likeness (QED) is 0.0550. The Morgan fingerprint density at radius 3 is 2.58 bits per heavy atom. The lowest BCUT2D eigenvalue weighted by Crippen LogP contribution is -2.71. The molecule has 2 heterocycles. The number of fused-ring (bicyclic) bond motifs is 1. The first-order valence-electron chi connectivity index (χ1n) is 19.5. The lowest BCUT2D eigenvalue weighted by molar-refractivity contribution is -0.156. The molecule has 11 heteroatoms. The number of thiocarbonyl (C=S) groups is 1. The molecular weight excluding hydrogens is 715 g/mol. The van der Waals surface area contributed by atoms with Crippen LogP contribution in [0.1, 0.15) is 102 Å². The largest absolute Gasteiger partial charge is 0.507 e. The number of rotatable bonds is 17. The molecular formula is C44H55N3O7S. The normalized spacial score (nSPS) is 20.7. The Morgan fingerprint density at radius 2 is 1.85 bits per heavy atom. The van der Waals surface area contributed by atoms with Crippen molar-refractivity contribution in [3.05, 3.63) is 100 Å². The minimum Gasteiger partial charge on any atom is -0.507 e. The number of hydrogen-bond acceptors (Lipinski definition) is 7. The minimum atomic E-state index is -1.21. The Hall–Kier alpha value is -4.90. The number of nitrogens with zero attached hydrogens (tertiary/aromatic N) is 1. The average Bonchev–Trinajstić information content (AvgIpc) is 3.14. The van der Waals surface area contributed by atoms with E-state index >= 15 is 0 Å². The topological polar surface area (TPSA) is 137 Å². The number of carboxylic acid groups (broad SMARTS) is 1. The Morgan fingerprint density at radius 1 is 1.07 bits per heavy atom. The zero-order valence-corrected chi connectivity index (χ0v) is 33.3. The molecule has 2 amide bonds. The van der Waals surface area contributed by atoms with Gasteiger partial charge in [-0.15, -0.1) is 0 Å². The van der Waals surface area contributed by atoms with E-state index < -0.39 is 29.9 Å². The molecule has 5 rings (SSSR count). The molecule has 0 aromatic heterocycles. The van der Waals surface area contributed by atoms with E-state index in [2.05, 4.69) is 44.1 Å². The second-order valence-electron chi connectivity index (χ2n) is 14.9. The number of unbranched alkanes of at least 4 members (excludes halogenated alkanes) is 2. The van der Waals surface area contributed by atoms with Gasteiger partial charge >= 0.3 is 5.97 Å². The molecule has 1 fully saturated rings. The van der Waals surface area contributed by atoms with Gasteiger partial charge in [0.1, 0.15) is 29.0 Å².